The summed E-state index contributed by atoms with van der Waals surface area (Å²) in [5.74, 6) is -0.726. The van der Waals surface area contributed by atoms with Gasteiger partial charge in [0.05, 0.1) is 32.4 Å². The molecule has 0 radical (unpaired) electrons. The highest BCUT2D eigenvalue weighted by molar-refractivity contribution is 5.96. The number of hydrogen-bond donors (Lipinski definition) is 2. The van der Waals surface area contributed by atoms with Gasteiger partial charge in [-0.15, -0.1) is 0 Å². The Hall–Kier alpha value is -3.68. The van der Waals surface area contributed by atoms with Crippen LogP contribution in [-0.4, -0.2) is 115 Å². The highest BCUT2D eigenvalue weighted by Crippen LogP contribution is 2.46. The van der Waals surface area contributed by atoms with Crippen molar-refractivity contribution in [3.63, 3.8) is 0 Å². The molecule has 1 aromatic rings. The lowest BCUT2D eigenvalue weighted by atomic mass is 10.1. The minimum Gasteiger partial charge on any atom is -0.492 e. The third kappa shape index (κ3) is 7.79. The molecule has 3 N–H and O–H groups in total. The van der Waals surface area contributed by atoms with Crippen molar-refractivity contribution in [3.05, 3.63) is 41.5 Å². The second-order valence-corrected chi connectivity index (χ2v) is 13.5. The number of fused-ring (bicyclic) bond motifs is 3. The lowest BCUT2D eigenvalue weighted by Gasteiger charge is -2.28. The number of rotatable bonds is 7. The molecule has 0 bridgehead atoms. The third-order valence-electron chi connectivity index (χ3n) is 10.1. The first-order valence-electron chi connectivity index (χ1n) is 17.5. The van der Waals surface area contributed by atoms with Crippen LogP contribution in [0.3, 0.4) is 0 Å². The summed E-state index contributed by atoms with van der Waals surface area (Å²) < 4.78 is 22.7. The number of morpholine rings is 1. The molecule has 1 saturated carbocycles. The lowest BCUT2D eigenvalue weighted by molar-refractivity contribution is -0.150. The van der Waals surface area contributed by atoms with Gasteiger partial charge in [-0.1, -0.05) is 31.1 Å². The van der Waals surface area contributed by atoms with Crippen molar-refractivity contribution in [2.75, 3.05) is 52.6 Å². The molecule has 4 heterocycles. The summed E-state index contributed by atoms with van der Waals surface area (Å²) in [7, 11) is 0. The van der Waals surface area contributed by atoms with Crippen LogP contribution in [0.5, 0.6) is 5.75 Å². The Labute approximate surface area is 282 Å². The van der Waals surface area contributed by atoms with Crippen molar-refractivity contribution >= 4 is 23.9 Å². The second kappa shape index (κ2) is 15.3. The quantitative estimate of drug-likeness (QED) is 0.327. The number of amides is 3. The maximum atomic E-state index is 13.8. The normalized spacial score (nSPS) is 30.2. The molecule has 5 atom stereocenters. The van der Waals surface area contributed by atoms with Gasteiger partial charge in [-0.3, -0.25) is 19.4 Å². The van der Waals surface area contributed by atoms with Crippen LogP contribution in [0.2, 0.25) is 0 Å². The third-order valence-corrected chi connectivity index (χ3v) is 10.1. The second-order valence-electron chi connectivity index (χ2n) is 13.5. The van der Waals surface area contributed by atoms with Gasteiger partial charge < -0.3 is 34.9 Å². The van der Waals surface area contributed by atoms with Gasteiger partial charge >= 0.3 is 12.1 Å². The molecule has 0 spiro atoms. The fourth-order valence-electron chi connectivity index (χ4n) is 7.21. The Balaban J connectivity index is 1.09. The van der Waals surface area contributed by atoms with Gasteiger partial charge in [-0.2, -0.15) is 0 Å². The average molecular weight is 668 g/mol. The summed E-state index contributed by atoms with van der Waals surface area (Å²) in [4.78, 5) is 59.2. The molecular formula is C35H49N5O8. The molecule has 3 amide bonds. The average Bonchev–Trinajstić information content (AvgIpc) is 3.38. The van der Waals surface area contributed by atoms with Gasteiger partial charge in [-0.25, -0.2) is 9.59 Å². The number of hydrogen-bond acceptors (Lipinski definition) is 10. The van der Waals surface area contributed by atoms with Crippen LogP contribution in [0.15, 0.2) is 30.4 Å². The molecule has 6 rings (SSSR count). The van der Waals surface area contributed by atoms with Crippen LogP contribution < -0.4 is 15.8 Å². The van der Waals surface area contributed by atoms with Gasteiger partial charge in [0.25, 0.3) is 0 Å². The van der Waals surface area contributed by atoms with Gasteiger partial charge in [0.1, 0.15) is 30.0 Å². The topological polar surface area (TPSA) is 153 Å². The van der Waals surface area contributed by atoms with Crippen molar-refractivity contribution < 1.29 is 38.1 Å². The first-order chi connectivity index (χ1) is 23.3. The Morgan fingerprint density at radius 1 is 1.10 bits per heavy atom. The molecule has 1 aliphatic carbocycles. The monoisotopic (exact) mass is 667 g/mol. The zero-order chi connectivity index (χ0) is 33.7. The minimum absolute atomic E-state index is 0.0496. The number of ether oxygens (including phenoxy) is 4. The molecule has 13 heteroatoms. The fourth-order valence-corrected chi connectivity index (χ4v) is 7.21. The first kappa shape index (κ1) is 34.2. The largest absolute Gasteiger partial charge is 0.492 e. The number of benzene rings is 1. The van der Waals surface area contributed by atoms with E-state index in [2.05, 4.69) is 16.3 Å². The maximum absolute atomic E-state index is 13.8. The number of nitrogens with two attached hydrogens (primary N) is 1. The maximum Gasteiger partial charge on any atom is 0.410 e. The summed E-state index contributed by atoms with van der Waals surface area (Å²) in [6.07, 6.45) is 7.35. The van der Waals surface area contributed by atoms with Crippen LogP contribution in [0.25, 0.3) is 0 Å². The summed E-state index contributed by atoms with van der Waals surface area (Å²) in [6, 6.07) is 4.16. The molecule has 1 aromatic carbocycles. The number of allylic oxidation sites excluding steroid dienone is 1. The minimum atomic E-state index is -1.16. The van der Waals surface area contributed by atoms with Crippen molar-refractivity contribution in [2.45, 2.75) is 88.7 Å². The number of esters is 1. The Morgan fingerprint density at radius 2 is 1.92 bits per heavy atom. The predicted octanol–water partition coefficient (Wildman–Crippen LogP) is 2.10. The van der Waals surface area contributed by atoms with Gasteiger partial charge in [-0.05, 0) is 55.9 Å². The zero-order valence-electron chi connectivity index (χ0n) is 27.9. The molecule has 5 aliphatic rings. The van der Waals surface area contributed by atoms with Gasteiger partial charge in [0, 0.05) is 45.1 Å². The van der Waals surface area contributed by atoms with E-state index in [1.54, 1.807) is 11.8 Å². The van der Waals surface area contributed by atoms with E-state index in [1.807, 2.05) is 24.3 Å². The molecular weight excluding hydrogens is 618 g/mol. The zero-order valence-corrected chi connectivity index (χ0v) is 27.9. The molecule has 0 unspecified atom stereocenters. The van der Waals surface area contributed by atoms with Gasteiger partial charge in [0.2, 0.25) is 11.8 Å². The summed E-state index contributed by atoms with van der Waals surface area (Å²) >= 11 is 0. The Morgan fingerprint density at radius 3 is 2.73 bits per heavy atom. The van der Waals surface area contributed by atoms with E-state index >= 15 is 0 Å². The van der Waals surface area contributed by atoms with E-state index in [0.29, 0.717) is 32.5 Å². The smallest absolute Gasteiger partial charge is 0.410 e. The van der Waals surface area contributed by atoms with E-state index in [4.69, 9.17) is 24.7 Å². The molecule has 3 fully saturated rings. The summed E-state index contributed by atoms with van der Waals surface area (Å²) in [5, 5.41) is 2.94. The number of nitrogens with one attached hydrogen (secondary N) is 1. The standard InChI is InChI=1S/C35H49N5O8/c1-2-46-33(43)35-20-26(35)8-6-4-3-5-7-9-29(36)32(42)40-23-28(19-30(40)31(41)37-35)48-34(44)39-21-24-10-11-27(18-25(24)22-39)47-17-14-38-12-15-45-16-13-38/h6,8,10-11,18,26,28-30H,2-5,7,9,12-17,19-23,36H2,1H3,(H,37,41)/b8-6-/t26-,28-,29+,30+,35-/m1/s1. The van der Waals surface area contributed by atoms with Crippen molar-refractivity contribution in [3.8, 4) is 5.75 Å². The van der Waals surface area contributed by atoms with E-state index in [0.717, 1.165) is 75.4 Å². The van der Waals surface area contributed by atoms with E-state index in [9.17, 15) is 19.2 Å². The fraction of sp³-hybridized carbons (Fsp3) is 0.657. The molecule has 2 saturated heterocycles. The number of nitrogens with zero attached hydrogens (tertiary/aromatic N) is 3. The van der Waals surface area contributed by atoms with E-state index < -0.39 is 41.7 Å². The Bertz CT molecular complexity index is 1380. The van der Waals surface area contributed by atoms with Crippen LogP contribution in [0.1, 0.15) is 63.0 Å². The van der Waals surface area contributed by atoms with Crippen molar-refractivity contribution in [1.29, 1.82) is 0 Å². The number of carbonyl (C=O) groups is 4. The molecule has 262 valence electrons. The van der Waals surface area contributed by atoms with Crippen molar-refractivity contribution in [1.82, 2.24) is 20.0 Å². The molecule has 4 aliphatic heterocycles. The lowest BCUT2D eigenvalue weighted by Crippen LogP contribution is -2.55. The molecule has 48 heavy (non-hydrogen) atoms. The van der Waals surface area contributed by atoms with Gasteiger partial charge in [0.15, 0.2) is 0 Å². The molecule has 0 aromatic heterocycles. The highest BCUT2D eigenvalue weighted by Gasteiger charge is 2.62. The number of carbonyl (C=O) groups excluding carboxylic acids is 4. The van der Waals surface area contributed by atoms with Crippen LogP contribution in [0, 0.1) is 5.92 Å². The highest BCUT2D eigenvalue weighted by atomic mass is 16.6. The van der Waals surface area contributed by atoms with Crippen molar-refractivity contribution in [2.24, 2.45) is 11.7 Å². The van der Waals surface area contributed by atoms with Crippen LogP contribution in [0.4, 0.5) is 4.79 Å². The SMILES string of the molecule is CCOC(=O)[C@@]12C[C@H]1/C=C\CCCCC[C@H](N)C(=O)N1C[C@H](OC(=O)N3Cc4ccc(OCCN5CCOCC5)cc4C3)C[C@H]1C(=O)N2. The van der Waals surface area contributed by atoms with E-state index in [-0.39, 0.29) is 31.4 Å². The van der Waals surface area contributed by atoms with Crippen LogP contribution >= 0.6 is 0 Å². The molecule has 13 nitrogen and oxygen atoms in total. The summed E-state index contributed by atoms with van der Waals surface area (Å²) in [5.41, 5.74) is 7.19. The Kier molecular flexibility index (Phi) is 10.9. The van der Waals surface area contributed by atoms with Crippen LogP contribution in [-0.2, 0) is 41.7 Å². The summed E-state index contributed by atoms with van der Waals surface area (Å²) in [6.45, 7) is 7.43. The predicted molar refractivity (Wildman–Crippen MR) is 175 cm³/mol. The van der Waals surface area contributed by atoms with E-state index in [1.165, 1.54) is 4.90 Å². The first-order valence-corrected chi connectivity index (χ1v) is 17.5.